The molecule has 0 bridgehead atoms. The van der Waals surface area contributed by atoms with Gasteiger partial charge in [0.1, 0.15) is 0 Å². The maximum absolute atomic E-state index is 11.4. The molecule has 5 nitrogen and oxygen atoms in total. The van der Waals surface area contributed by atoms with Gasteiger partial charge in [-0.2, -0.15) is 5.10 Å². The van der Waals surface area contributed by atoms with Gasteiger partial charge in [0.25, 0.3) is 0 Å². The van der Waals surface area contributed by atoms with Crippen LogP contribution in [0.15, 0.2) is 28.7 Å². The van der Waals surface area contributed by atoms with Crippen LogP contribution >= 0.6 is 15.9 Å². The van der Waals surface area contributed by atoms with Crippen molar-refractivity contribution in [2.45, 2.75) is 0 Å². The van der Waals surface area contributed by atoms with Crippen molar-refractivity contribution in [3.05, 3.63) is 40.0 Å². The average Bonchev–Trinajstić information content (AvgIpc) is 2.79. The first-order valence-electron chi connectivity index (χ1n) is 5.44. The maximum Gasteiger partial charge on any atom is 0.358 e. The van der Waals surface area contributed by atoms with E-state index >= 15 is 0 Å². The van der Waals surface area contributed by atoms with Crippen LogP contribution < -0.4 is 0 Å². The Balaban J connectivity index is 2.56. The van der Waals surface area contributed by atoms with Gasteiger partial charge in [-0.05, 0) is 18.2 Å². The summed E-state index contributed by atoms with van der Waals surface area (Å²) in [7, 11) is 3.01. The van der Waals surface area contributed by atoms with Gasteiger partial charge in [-0.15, -0.1) is 0 Å². The minimum Gasteiger partial charge on any atom is -0.464 e. The third-order valence-corrected chi connectivity index (χ3v) is 3.18. The molecule has 0 fully saturated rings. The van der Waals surface area contributed by atoms with Crippen LogP contribution in [0.1, 0.15) is 20.8 Å². The van der Waals surface area contributed by atoms with Crippen molar-refractivity contribution in [2.24, 2.45) is 7.05 Å². The number of aldehydes is 1. The van der Waals surface area contributed by atoms with Crippen LogP contribution in [0.3, 0.4) is 0 Å². The third kappa shape index (κ3) is 2.58. The number of benzene rings is 1. The van der Waals surface area contributed by atoms with Crippen LogP contribution in [0.2, 0.25) is 0 Å². The highest BCUT2D eigenvalue weighted by molar-refractivity contribution is 9.10. The third-order valence-electron chi connectivity index (χ3n) is 2.69. The zero-order valence-corrected chi connectivity index (χ0v) is 12.0. The van der Waals surface area contributed by atoms with Crippen molar-refractivity contribution in [3.8, 4) is 11.3 Å². The number of ether oxygens (including phenoxy) is 1. The molecular weight excluding hydrogens is 312 g/mol. The molecule has 0 saturated heterocycles. The smallest absolute Gasteiger partial charge is 0.358 e. The summed E-state index contributed by atoms with van der Waals surface area (Å²) >= 11 is 3.31. The summed E-state index contributed by atoms with van der Waals surface area (Å²) in [6.45, 7) is 0. The molecule has 0 saturated carbocycles. The molecular formula is C13H11BrN2O3. The number of carbonyl (C=O) groups is 2. The number of hydrogen-bond acceptors (Lipinski definition) is 4. The van der Waals surface area contributed by atoms with Gasteiger partial charge in [-0.1, -0.05) is 22.0 Å². The minimum atomic E-state index is -0.508. The monoisotopic (exact) mass is 322 g/mol. The van der Waals surface area contributed by atoms with Gasteiger partial charge in [0.05, 0.1) is 12.8 Å². The number of esters is 1. The van der Waals surface area contributed by atoms with Crippen molar-refractivity contribution in [3.63, 3.8) is 0 Å². The highest BCUT2D eigenvalue weighted by atomic mass is 79.9. The lowest BCUT2D eigenvalue weighted by molar-refractivity contribution is 0.0593. The van der Waals surface area contributed by atoms with Crippen LogP contribution in [0.25, 0.3) is 11.3 Å². The molecule has 0 spiro atoms. The molecule has 2 rings (SSSR count). The number of aromatic nitrogens is 2. The van der Waals surface area contributed by atoms with E-state index in [-0.39, 0.29) is 5.69 Å². The molecule has 1 aromatic carbocycles. The van der Waals surface area contributed by atoms with E-state index in [4.69, 9.17) is 0 Å². The van der Waals surface area contributed by atoms with Crippen molar-refractivity contribution in [1.29, 1.82) is 0 Å². The fraction of sp³-hybridized carbons (Fsp3) is 0.154. The van der Waals surface area contributed by atoms with Gasteiger partial charge in [0.2, 0.25) is 0 Å². The summed E-state index contributed by atoms with van der Waals surface area (Å²) in [6, 6.07) is 6.94. The normalized spacial score (nSPS) is 10.3. The molecule has 0 unspecified atom stereocenters. The first-order valence-corrected chi connectivity index (χ1v) is 6.23. The summed E-state index contributed by atoms with van der Waals surface area (Å²) in [5.41, 5.74) is 2.12. The van der Waals surface area contributed by atoms with Crippen molar-refractivity contribution in [2.75, 3.05) is 7.11 Å². The van der Waals surface area contributed by atoms with E-state index in [1.165, 1.54) is 7.11 Å². The summed E-state index contributed by atoms with van der Waals surface area (Å²) in [6.07, 6.45) is 0.769. The fourth-order valence-corrected chi connectivity index (χ4v) is 2.17. The Bertz CT molecular complexity index is 649. The van der Waals surface area contributed by atoms with Crippen LogP contribution in [0.4, 0.5) is 0 Å². The number of nitrogens with zero attached hydrogens (tertiary/aromatic N) is 2. The Hall–Kier alpha value is -1.95. The van der Waals surface area contributed by atoms with Gasteiger partial charge >= 0.3 is 5.97 Å². The molecule has 2 aromatic rings. The van der Waals surface area contributed by atoms with E-state index in [0.717, 1.165) is 10.8 Å². The first kappa shape index (κ1) is 13.5. The molecule has 0 atom stereocenters. The van der Waals surface area contributed by atoms with Gasteiger partial charge in [-0.25, -0.2) is 4.79 Å². The van der Waals surface area contributed by atoms with Gasteiger partial charge in [0.15, 0.2) is 12.0 Å². The predicted octanol–water partition coefficient (Wildman–Crippen LogP) is 2.45. The number of hydrogen-bond donors (Lipinski definition) is 0. The number of aryl methyl sites for hydroxylation is 1. The summed E-state index contributed by atoms with van der Waals surface area (Å²) in [5, 5.41) is 4.07. The molecule has 0 amide bonds. The van der Waals surface area contributed by atoms with E-state index in [2.05, 4.69) is 25.8 Å². The van der Waals surface area contributed by atoms with E-state index in [0.29, 0.717) is 16.8 Å². The van der Waals surface area contributed by atoms with Crippen LogP contribution in [-0.2, 0) is 11.8 Å². The molecule has 0 aliphatic heterocycles. The van der Waals surface area contributed by atoms with Crippen LogP contribution in [0, 0.1) is 0 Å². The van der Waals surface area contributed by atoms with Crippen LogP contribution in [-0.4, -0.2) is 29.1 Å². The topological polar surface area (TPSA) is 61.2 Å². The van der Waals surface area contributed by atoms with Gasteiger partial charge in [0, 0.05) is 22.6 Å². The average molecular weight is 323 g/mol. The van der Waals surface area contributed by atoms with Gasteiger partial charge in [-0.3, -0.25) is 9.48 Å². The molecule has 98 valence electrons. The number of methoxy groups -OCH3 is 1. The largest absolute Gasteiger partial charge is 0.464 e. The standard InChI is InChI=1S/C13H11BrN2O3/c1-16-12(6-11(15-16)13(18)19-2)10-4-3-9(14)5-8(10)7-17/h3-7H,1-2H3. The minimum absolute atomic E-state index is 0.208. The van der Waals surface area contributed by atoms with Crippen molar-refractivity contribution < 1.29 is 14.3 Å². The van der Waals surface area contributed by atoms with E-state index < -0.39 is 5.97 Å². The van der Waals surface area contributed by atoms with Crippen LogP contribution in [0.5, 0.6) is 0 Å². The van der Waals surface area contributed by atoms with E-state index in [1.54, 1.807) is 29.9 Å². The Kier molecular flexibility index (Phi) is 3.80. The second-order valence-corrected chi connectivity index (χ2v) is 4.80. The molecule has 1 heterocycles. The van der Waals surface area contributed by atoms with E-state index in [9.17, 15) is 9.59 Å². The van der Waals surface area contributed by atoms with E-state index in [1.807, 2.05) is 6.07 Å². The highest BCUT2D eigenvalue weighted by Gasteiger charge is 2.16. The fourth-order valence-electron chi connectivity index (χ4n) is 1.79. The molecule has 0 radical (unpaired) electrons. The molecule has 6 heteroatoms. The lowest BCUT2D eigenvalue weighted by Crippen LogP contribution is -2.03. The summed E-state index contributed by atoms with van der Waals surface area (Å²) < 4.78 is 6.98. The molecule has 19 heavy (non-hydrogen) atoms. The maximum atomic E-state index is 11.4. The summed E-state index contributed by atoms with van der Waals surface area (Å²) in [4.78, 5) is 22.6. The Morgan fingerprint density at radius 2 is 2.16 bits per heavy atom. The zero-order valence-electron chi connectivity index (χ0n) is 10.4. The first-order chi connectivity index (χ1) is 9.06. The quantitative estimate of drug-likeness (QED) is 0.643. The highest BCUT2D eigenvalue weighted by Crippen LogP contribution is 2.26. The SMILES string of the molecule is COC(=O)c1cc(-c2ccc(Br)cc2C=O)n(C)n1. The van der Waals surface area contributed by atoms with Crippen molar-refractivity contribution in [1.82, 2.24) is 9.78 Å². The summed E-state index contributed by atoms with van der Waals surface area (Å²) in [5.74, 6) is -0.508. The lowest BCUT2D eigenvalue weighted by atomic mass is 10.1. The zero-order chi connectivity index (χ0) is 14.0. The Labute approximate surface area is 118 Å². The predicted molar refractivity (Wildman–Crippen MR) is 73.1 cm³/mol. The Morgan fingerprint density at radius 1 is 1.42 bits per heavy atom. The Morgan fingerprint density at radius 3 is 2.79 bits per heavy atom. The molecule has 0 N–H and O–H groups in total. The van der Waals surface area contributed by atoms with Crippen molar-refractivity contribution >= 4 is 28.2 Å². The van der Waals surface area contributed by atoms with Gasteiger partial charge < -0.3 is 4.74 Å². The number of carbonyl (C=O) groups excluding carboxylic acids is 2. The molecule has 0 aliphatic carbocycles. The number of halogens is 1. The second kappa shape index (κ2) is 5.36. The molecule has 0 aliphatic rings. The number of rotatable bonds is 3. The second-order valence-electron chi connectivity index (χ2n) is 3.88. The lowest BCUT2D eigenvalue weighted by Gasteiger charge is -2.05. The molecule has 1 aromatic heterocycles.